The average Bonchev–Trinajstić information content (AvgIpc) is 2.57. The van der Waals surface area contributed by atoms with Crippen molar-refractivity contribution in [3.63, 3.8) is 0 Å². The standard InChI is InChI=1S/C18H19ClFNO2/c19-15-7-4-8-16(20)17(15)18(12-21-9-10-23-18)14(11-22)13-5-2-1-3-6-13/h1-8,14,21-22H,9-12H2. The van der Waals surface area contributed by atoms with Gasteiger partial charge in [-0.05, 0) is 17.7 Å². The molecule has 0 bridgehead atoms. The molecule has 1 aliphatic heterocycles. The number of halogens is 2. The summed E-state index contributed by atoms with van der Waals surface area (Å²) in [5.41, 5.74) is 0.145. The zero-order valence-electron chi connectivity index (χ0n) is 12.6. The Morgan fingerprint density at radius 3 is 2.61 bits per heavy atom. The summed E-state index contributed by atoms with van der Waals surface area (Å²) in [6, 6.07) is 14.1. The zero-order chi connectivity index (χ0) is 16.3. The van der Waals surface area contributed by atoms with Crippen LogP contribution in [0.3, 0.4) is 0 Å². The lowest BCUT2D eigenvalue weighted by Gasteiger charge is -2.44. The molecule has 2 aromatic carbocycles. The molecule has 2 unspecified atom stereocenters. The van der Waals surface area contributed by atoms with E-state index in [9.17, 15) is 9.50 Å². The summed E-state index contributed by atoms with van der Waals surface area (Å²) in [5, 5.41) is 13.6. The first-order chi connectivity index (χ1) is 11.2. The minimum Gasteiger partial charge on any atom is -0.396 e. The first kappa shape index (κ1) is 16.4. The van der Waals surface area contributed by atoms with Crippen LogP contribution in [0.5, 0.6) is 0 Å². The fraction of sp³-hybridized carbons (Fsp3) is 0.333. The molecule has 1 heterocycles. The van der Waals surface area contributed by atoms with Crippen LogP contribution in [-0.4, -0.2) is 31.4 Å². The molecule has 2 aromatic rings. The van der Waals surface area contributed by atoms with Crippen molar-refractivity contribution in [1.82, 2.24) is 5.32 Å². The highest BCUT2D eigenvalue weighted by Crippen LogP contribution is 2.44. The van der Waals surface area contributed by atoms with Crippen LogP contribution in [0.4, 0.5) is 4.39 Å². The Morgan fingerprint density at radius 1 is 1.22 bits per heavy atom. The van der Waals surface area contributed by atoms with Gasteiger partial charge >= 0.3 is 0 Å². The molecule has 5 heteroatoms. The van der Waals surface area contributed by atoms with Gasteiger partial charge in [0.1, 0.15) is 11.4 Å². The number of hydrogen-bond donors (Lipinski definition) is 2. The molecule has 0 aromatic heterocycles. The summed E-state index contributed by atoms with van der Waals surface area (Å²) in [5.74, 6) is -0.846. The van der Waals surface area contributed by atoms with E-state index in [1.165, 1.54) is 6.07 Å². The van der Waals surface area contributed by atoms with Crippen molar-refractivity contribution in [3.8, 4) is 0 Å². The monoisotopic (exact) mass is 335 g/mol. The van der Waals surface area contributed by atoms with Gasteiger partial charge in [0.05, 0.1) is 13.2 Å². The first-order valence-corrected chi connectivity index (χ1v) is 8.02. The second kappa shape index (κ2) is 6.97. The van der Waals surface area contributed by atoms with Gasteiger partial charge in [0.2, 0.25) is 0 Å². The molecule has 0 spiro atoms. The van der Waals surface area contributed by atoms with Crippen LogP contribution in [0.25, 0.3) is 0 Å². The Bertz CT molecular complexity index is 639. The molecule has 1 aliphatic rings. The third-order valence-electron chi connectivity index (χ3n) is 4.36. The van der Waals surface area contributed by atoms with Gasteiger partial charge < -0.3 is 15.2 Å². The van der Waals surface area contributed by atoms with E-state index in [0.29, 0.717) is 30.3 Å². The van der Waals surface area contributed by atoms with E-state index >= 15 is 0 Å². The van der Waals surface area contributed by atoms with Crippen molar-refractivity contribution in [3.05, 3.63) is 70.5 Å². The topological polar surface area (TPSA) is 41.5 Å². The van der Waals surface area contributed by atoms with Crippen LogP contribution in [0.15, 0.2) is 48.5 Å². The van der Waals surface area contributed by atoms with E-state index in [1.807, 2.05) is 30.3 Å². The molecule has 2 N–H and O–H groups in total. The van der Waals surface area contributed by atoms with E-state index in [0.717, 1.165) is 5.56 Å². The van der Waals surface area contributed by atoms with Crippen molar-refractivity contribution in [1.29, 1.82) is 0 Å². The molecule has 3 nitrogen and oxygen atoms in total. The lowest BCUT2D eigenvalue weighted by molar-refractivity contribution is -0.101. The largest absolute Gasteiger partial charge is 0.396 e. The quantitative estimate of drug-likeness (QED) is 0.902. The average molecular weight is 336 g/mol. The van der Waals surface area contributed by atoms with Crippen molar-refractivity contribution in [2.45, 2.75) is 11.5 Å². The Labute approximate surface area is 140 Å². The Morgan fingerprint density at radius 2 is 2.00 bits per heavy atom. The molecule has 23 heavy (non-hydrogen) atoms. The molecule has 0 aliphatic carbocycles. The SMILES string of the molecule is OCC(c1ccccc1)C1(c2c(F)cccc2Cl)CNCCO1. The van der Waals surface area contributed by atoms with E-state index in [-0.39, 0.29) is 6.61 Å². The summed E-state index contributed by atoms with van der Waals surface area (Å²) < 4.78 is 20.7. The highest BCUT2D eigenvalue weighted by molar-refractivity contribution is 6.31. The third-order valence-corrected chi connectivity index (χ3v) is 4.67. The van der Waals surface area contributed by atoms with Crippen molar-refractivity contribution in [2.24, 2.45) is 0 Å². The predicted molar refractivity (Wildman–Crippen MR) is 88.2 cm³/mol. The van der Waals surface area contributed by atoms with Crippen LogP contribution in [-0.2, 0) is 10.3 Å². The maximum Gasteiger partial charge on any atom is 0.130 e. The molecule has 0 radical (unpaired) electrons. The molecular weight excluding hydrogens is 317 g/mol. The Hall–Kier alpha value is -1.46. The minimum absolute atomic E-state index is 0.170. The fourth-order valence-electron chi connectivity index (χ4n) is 3.30. The molecule has 2 atom stereocenters. The van der Waals surface area contributed by atoms with Crippen molar-refractivity contribution in [2.75, 3.05) is 26.3 Å². The van der Waals surface area contributed by atoms with Crippen LogP contribution in [0, 0.1) is 5.82 Å². The van der Waals surface area contributed by atoms with Gasteiger partial charge in [0.25, 0.3) is 0 Å². The Balaban J connectivity index is 2.17. The summed E-state index contributed by atoms with van der Waals surface area (Å²) in [6.07, 6.45) is 0. The van der Waals surface area contributed by atoms with Gasteiger partial charge in [-0.1, -0.05) is 48.0 Å². The van der Waals surface area contributed by atoms with Crippen LogP contribution in [0.1, 0.15) is 17.0 Å². The van der Waals surface area contributed by atoms with E-state index in [1.54, 1.807) is 12.1 Å². The summed E-state index contributed by atoms with van der Waals surface area (Å²) in [6.45, 7) is 1.32. The summed E-state index contributed by atoms with van der Waals surface area (Å²) in [4.78, 5) is 0. The summed E-state index contributed by atoms with van der Waals surface area (Å²) in [7, 11) is 0. The highest BCUT2D eigenvalue weighted by atomic mass is 35.5. The number of morpholine rings is 1. The smallest absolute Gasteiger partial charge is 0.130 e. The molecule has 1 fully saturated rings. The van der Waals surface area contributed by atoms with E-state index < -0.39 is 17.3 Å². The van der Waals surface area contributed by atoms with E-state index in [4.69, 9.17) is 16.3 Å². The van der Waals surface area contributed by atoms with Crippen LogP contribution in [0.2, 0.25) is 5.02 Å². The molecule has 3 rings (SSSR count). The van der Waals surface area contributed by atoms with Gasteiger partial charge in [0, 0.05) is 29.6 Å². The maximum atomic E-state index is 14.6. The lowest BCUT2D eigenvalue weighted by Crippen LogP contribution is -2.52. The van der Waals surface area contributed by atoms with Crippen molar-refractivity contribution < 1.29 is 14.2 Å². The third kappa shape index (κ3) is 3.00. The van der Waals surface area contributed by atoms with Gasteiger partial charge in [-0.15, -0.1) is 0 Å². The minimum atomic E-state index is -1.04. The van der Waals surface area contributed by atoms with Gasteiger partial charge in [-0.3, -0.25) is 0 Å². The molecule has 1 saturated heterocycles. The number of benzene rings is 2. The number of aliphatic hydroxyl groups excluding tert-OH is 1. The number of ether oxygens (including phenoxy) is 1. The van der Waals surface area contributed by atoms with Crippen LogP contribution >= 0.6 is 11.6 Å². The fourth-order valence-corrected chi connectivity index (χ4v) is 3.62. The molecule has 0 amide bonds. The normalized spacial score (nSPS) is 22.7. The van der Waals surface area contributed by atoms with Gasteiger partial charge in [0.15, 0.2) is 0 Å². The van der Waals surface area contributed by atoms with Crippen LogP contribution < -0.4 is 5.32 Å². The van der Waals surface area contributed by atoms with Crippen molar-refractivity contribution >= 4 is 11.6 Å². The van der Waals surface area contributed by atoms with E-state index in [2.05, 4.69) is 5.32 Å². The number of aliphatic hydroxyl groups is 1. The Kier molecular flexibility index (Phi) is 4.97. The lowest BCUT2D eigenvalue weighted by atomic mass is 9.76. The second-order valence-electron chi connectivity index (χ2n) is 5.66. The maximum absolute atomic E-state index is 14.6. The van der Waals surface area contributed by atoms with Gasteiger partial charge in [-0.25, -0.2) is 4.39 Å². The molecule has 0 saturated carbocycles. The first-order valence-electron chi connectivity index (χ1n) is 7.64. The number of nitrogens with one attached hydrogen (secondary N) is 1. The molecular formula is C18H19ClFNO2. The predicted octanol–water partition coefficient (Wildman–Crippen LogP) is 3.07. The number of rotatable bonds is 4. The summed E-state index contributed by atoms with van der Waals surface area (Å²) >= 11 is 6.31. The van der Waals surface area contributed by atoms with Gasteiger partial charge in [-0.2, -0.15) is 0 Å². The second-order valence-corrected chi connectivity index (χ2v) is 6.06. The molecule has 122 valence electrons. The highest BCUT2D eigenvalue weighted by Gasteiger charge is 2.46. The zero-order valence-corrected chi connectivity index (χ0v) is 13.4. The number of hydrogen-bond acceptors (Lipinski definition) is 3.